The number of rotatable bonds is 3. The molecule has 2 N–H and O–H groups in total. The summed E-state index contributed by atoms with van der Waals surface area (Å²) in [6, 6.07) is 0. The highest BCUT2D eigenvalue weighted by molar-refractivity contribution is 7.98. The van der Waals surface area contributed by atoms with E-state index in [9.17, 15) is 9.59 Å². The summed E-state index contributed by atoms with van der Waals surface area (Å²) in [6.07, 6.45) is 0. The van der Waals surface area contributed by atoms with E-state index >= 15 is 0 Å². The second kappa shape index (κ2) is 4.20. The van der Waals surface area contributed by atoms with Gasteiger partial charge < -0.3 is 5.11 Å². The zero-order valence-corrected chi connectivity index (χ0v) is 5.70. The van der Waals surface area contributed by atoms with Gasteiger partial charge in [0.1, 0.15) is 5.75 Å². The third-order valence-corrected chi connectivity index (χ3v) is 1.23. The molecule has 1 amide bonds. The summed E-state index contributed by atoms with van der Waals surface area (Å²) >= 11 is 0.870. The quantitative estimate of drug-likeness (QED) is 0.548. The fraction of sp³-hybridized carbons (Fsp3) is 0.500. The van der Waals surface area contributed by atoms with Gasteiger partial charge in [0.15, 0.2) is 0 Å². The Hall–Kier alpha value is -0.710. The van der Waals surface area contributed by atoms with Gasteiger partial charge >= 0.3 is 5.97 Å². The molecule has 0 rings (SSSR count). The molecule has 0 radical (unpaired) electrons. The lowest BCUT2D eigenvalue weighted by molar-refractivity contribution is -0.133. The maximum Gasteiger partial charge on any atom is 0.315 e. The molecule has 52 valence electrons. The second-order valence-electron chi connectivity index (χ2n) is 1.34. The molecule has 0 saturated carbocycles. The first-order valence-electron chi connectivity index (χ1n) is 2.23. The molecule has 0 unspecified atom stereocenters. The Morgan fingerprint density at radius 2 is 2.22 bits per heavy atom. The van der Waals surface area contributed by atoms with E-state index in [2.05, 4.69) is 4.72 Å². The number of carbonyl (C=O) groups is 2. The molecule has 0 aromatic carbocycles. The molecule has 0 bridgehead atoms. The number of aliphatic carboxylic acids is 1. The third-order valence-electron chi connectivity index (χ3n) is 0.412. The van der Waals surface area contributed by atoms with Crippen LogP contribution in [0.3, 0.4) is 0 Å². The maximum atomic E-state index is 10.1. The van der Waals surface area contributed by atoms with Crippen LogP contribution >= 0.6 is 11.9 Å². The molecule has 0 aromatic rings. The van der Waals surface area contributed by atoms with Gasteiger partial charge in [0, 0.05) is 6.92 Å². The van der Waals surface area contributed by atoms with E-state index in [-0.39, 0.29) is 11.7 Å². The van der Waals surface area contributed by atoms with Crippen molar-refractivity contribution in [2.45, 2.75) is 6.92 Å². The zero-order valence-electron chi connectivity index (χ0n) is 4.88. The highest BCUT2D eigenvalue weighted by Crippen LogP contribution is 1.90. The minimum absolute atomic E-state index is 0.0976. The van der Waals surface area contributed by atoms with Crippen LogP contribution in [0.5, 0.6) is 0 Å². The molecular formula is C4H7NO3S. The van der Waals surface area contributed by atoms with Gasteiger partial charge in [-0.2, -0.15) is 0 Å². The number of carboxylic acids is 1. The Balaban J connectivity index is 3.10. The standard InChI is InChI=1S/C4H7NO3S/c1-3(6)5-9-2-4(7)8/h2H2,1H3,(H,5,6)(H,7,8). The summed E-state index contributed by atoms with van der Waals surface area (Å²) in [5.74, 6) is -1.27. The summed E-state index contributed by atoms with van der Waals surface area (Å²) < 4.78 is 2.27. The third kappa shape index (κ3) is 7.29. The van der Waals surface area contributed by atoms with Crippen LogP contribution in [0.4, 0.5) is 0 Å². The Morgan fingerprint density at radius 3 is 2.56 bits per heavy atom. The lowest BCUT2D eigenvalue weighted by Crippen LogP contribution is -2.13. The number of amides is 1. The van der Waals surface area contributed by atoms with Crippen LogP contribution in [0, 0.1) is 0 Å². The van der Waals surface area contributed by atoms with Gasteiger partial charge in [-0.3, -0.25) is 14.3 Å². The molecule has 0 spiro atoms. The molecule has 9 heavy (non-hydrogen) atoms. The van der Waals surface area contributed by atoms with Gasteiger partial charge in [-0.15, -0.1) is 0 Å². The lowest BCUT2D eigenvalue weighted by Gasteiger charge is -1.94. The predicted molar refractivity (Wildman–Crippen MR) is 33.9 cm³/mol. The Labute approximate surface area is 56.8 Å². The topological polar surface area (TPSA) is 66.4 Å². The first-order valence-corrected chi connectivity index (χ1v) is 3.21. The molecule has 0 aliphatic rings. The van der Waals surface area contributed by atoms with Crippen LogP contribution in [0.15, 0.2) is 0 Å². The van der Waals surface area contributed by atoms with Crippen molar-refractivity contribution in [1.82, 2.24) is 4.72 Å². The molecular weight excluding hydrogens is 142 g/mol. The van der Waals surface area contributed by atoms with Crippen molar-refractivity contribution in [3.8, 4) is 0 Å². The minimum Gasteiger partial charge on any atom is -0.481 e. The molecule has 0 fully saturated rings. The fourth-order valence-electron chi connectivity index (χ4n) is 0.199. The summed E-state index contributed by atoms with van der Waals surface area (Å²) in [7, 11) is 0. The van der Waals surface area contributed by atoms with E-state index < -0.39 is 5.97 Å². The van der Waals surface area contributed by atoms with E-state index in [0.717, 1.165) is 11.9 Å². The largest absolute Gasteiger partial charge is 0.481 e. The van der Waals surface area contributed by atoms with Gasteiger partial charge in [0.05, 0.1) is 0 Å². The van der Waals surface area contributed by atoms with Crippen molar-refractivity contribution < 1.29 is 14.7 Å². The Morgan fingerprint density at radius 1 is 1.67 bits per heavy atom. The smallest absolute Gasteiger partial charge is 0.315 e. The van der Waals surface area contributed by atoms with Crippen molar-refractivity contribution in [2.75, 3.05) is 5.75 Å². The first-order chi connectivity index (χ1) is 4.13. The molecule has 0 saturated heterocycles. The van der Waals surface area contributed by atoms with Crippen LogP contribution in [0.1, 0.15) is 6.92 Å². The molecule has 0 aromatic heterocycles. The van der Waals surface area contributed by atoms with Crippen LogP contribution in [0.25, 0.3) is 0 Å². The number of carboxylic acid groups (broad SMARTS) is 1. The maximum absolute atomic E-state index is 10.1. The van der Waals surface area contributed by atoms with E-state index in [4.69, 9.17) is 5.11 Å². The predicted octanol–water partition coefficient (Wildman–Crippen LogP) is -0.145. The molecule has 4 nitrogen and oxygen atoms in total. The van der Waals surface area contributed by atoms with Crippen LogP contribution in [0.2, 0.25) is 0 Å². The summed E-state index contributed by atoms with van der Waals surface area (Å²) in [5.41, 5.74) is 0. The summed E-state index contributed by atoms with van der Waals surface area (Å²) in [4.78, 5) is 19.9. The average molecular weight is 149 g/mol. The van der Waals surface area contributed by atoms with Crippen LogP contribution in [-0.4, -0.2) is 22.7 Å². The van der Waals surface area contributed by atoms with Crippen molar-refractivity contribution in [3.63, 3.8) is 0 Å². The normalized spacial score (nSPS) is 8.56. The lowest BCUT2D eigenvalue weighted by atomic mass is 10.8. The van der Waals surface area contributed by atoms with Crippen molar-refractivity contribution in [2.24, 2.45) is 0 Å². The van der Waals surface area contributed by atoms with Crippen molar-refractivity contribution in [3.05, 3.63) is 0 Å². The van der Waals surface area contributed by atoms with Gasteiger partial charge in [0.2, 0.25) is 5.91 Å². The first kappa shape index (κ1) is 8.29. The van der Waals surface area contributed by atoms with Gasteiger partial charge in [0.25, 0.3) is 0 Å². The molecule has 5 heteroatoms. The monoisotopic (exact) mass is 149 g/mol. The van der Waals surface area contributed by atoms with Crippen LogP contribution < -0.4 is 4.72 Å². The van der Waals surface area contributed by atoms with Crippen LogP contribution in [-0.2, 0) is 9.59 Å². The van der Waals surface area contributed by atoms with Gasteiger partial charge in [-0.25, -0.2) is 0 Å². The molecule has 0 aliphatic carbocycles. The number of hydrogen-bond acceptors (Lipinski definition) is 3. The van der Waals surface area contributed by atoms with Gasteiger partial charge in [-0.1, -0.05) is 0 Å². The number of hydrogen-bond donors (Lipinski definition) is 2. The average Bonchev–Trinajstić information content (AvgIpc) is 1.63. The zero-order chi connectivity index (χ0) is 7.28. The van der Waals surface area contributed by atoms with Crippen molar-refractivity contribution >= 4 is 23.8 Å². The molecule has 0 heterocycles. The molecule has 0 aliphatic heterocycles. The van der Waals surface area contributed by atoms with Crippen molar-refractivity contribution in [1.29, 1.82) is 0 Å². The summed E-state index contributed by atoms with van der Waals surface area (Å²) in [6.45, 7) is 1.33. The Kier molecular flexibility index (Phi) is 3.87. The van der Waals surface area contributed by atoms with E-state index in [0.29, 0.717) is 0 Å². The highest BCUT2D eigenvalue weighted by Gasteiger charge is 1.96. The second-order valence-corrected chi connectivity index (χ2v) is 2.12. The highest BCUT2D eigenvalue weighted by atomic mass is 32.2. The van der Waals surface area contributed by atoms with E-state index in [1.807, 2.05) is 0 Å². The fourth-order valence-corrected chi connectivity index (χ4v) is 0.598. The SMILES string of the molecule is CC(=O)NSCC(=O)O. The van der Waals surface area contributed by atoms with E-state index in [1.54, 1.807) is 0 Å². The summed E-state index contributed by atoms with van der Waals surface area (Å²) in [5, 5.41) is 8.05. The van der Waals surface area contributed by atoms with E-state index in [1.165, 1.54) is 6.92 Å². The van der Waals surface area contributed by atoms with Gasteiger partial charge in [-0.05, 0) is 11.9 Å². The minimum atomic E-state index is -0.936. The number of nitrogens with one attached hydrogen (secondary N) is 1. The number of carbonyl (C=O) groups excluding carboxylic acids is 1. The molecule has 0 atom stereocenters. The Bertz CT molecular complexity index is 111.